The maximum atomic E-state index is 12.9. The summed E-state index contributed by atoms with van der Waals surface area (Å²) >= 11 is 1.78. The van der Waals surface area contributed by atoms with E-state index in [2.05, 4.69) is 70.8 Å². The number of hydrogen-bond donors (Lipinski definition) is 1. The Morgan fingerprint density at radius 1 is 1.24 bits per heavy atom. The normalized spacial score (nSPS) is 25.0. The number of rotatable bonds is 3. The molecule has 1 amide bonds. The van der Waals surface area contributed by atoms with Crippen molar-refractivity contribution in [2.45, 2.75) is 66.7 Å². The van der Waals surface area contributed by atoms with E-state index in [0.717, 1.165) is 0 Å². The lowest BCUT2D eigenvalue weighted by Crippen LogP contribution is -2.45. The standard InChI is InChI=1S/C17H28N2OS/c1-10(2)14-16(20)19(12(4)17(5,6)7)15(18-14)13-9-8-11(3)21-13/h8-10,12,14-15,18H,1-7H3. The number of nitrogens with one attached hydrogen (secondary N) is 1. The van der Waals surface area contributed by atoms with Gasteiger partial charge < -0.3 is 4.90 Å². The molecule has 3 atom stereocenters. The summed E-state index contributed by atoms with van der Waals surface area (Å²) in [6, 6.07) is 4.39. The second-order valence-electron chi connectivity index (χ2n) is 7.53. The van der Waals surface area contributed by atoms with Gasteiger partial charge in [-0.15, -0.1) is 11.3 Å². The van der Waals surface area contributed by atoms with E-state index in [0.29, 0.717) is 5.92 Å². The second-order valence-corrected chi connectivity index (χ2v) is 8.85. The third kappa shape index (κ3) is 3.16. The second kappa shape index (κ2) is 5.73. The van der Waals surface area contributed by atoms with Crippen LogP contribution in [0.25, 0.3) is 0 Å². The molecule has 1 saturated heterocycles. The zero-order valence-electron chi connectivity index (χ0n) is 14.2. The molecular formula is C17H28N2OS. The average Bonchev–Trinajstić information content (AvgIpc) is 2.91. The summed E-state index contributed by atoms with van der Waals surface area (Å²) in [4.78, 5) is 17.5. The van der Waals surface area contributed by atoms with E-state index in [9.17, 15) is 4.79 Å². The first-order chi connectivity index (χ1) is 9.62. The molecule has 2 heterocycles. The van der Waals surface area contributed by atoms with Crippen LogP contribution in [-0.4, -0.2) is 22.9 Å². The molecule has 1 aliphatic rings. The molecule has 0 aliphatic carbocycles. The molecule has 1 fully saturated rings. The Bertz CT molecular complexity index is 515. The van der Waals surface area contributed by atoms with Gasteiger partial charge in [0.15, 0.2) is 0 Å². The summed E-state index contributed by atoms with van der Waals surface area (Å²) in [5.41, 5.74) is 0.0633. The highest BCUT2D eigenvalue weighted by atomic mass is 32.1. The molecule has 1 aromatic heterocycles. The topological polar surface area (TPSA) is 32.3 Å². The van der Waals surface area contributed by atoms with E-state index in [1.165, 1.54) is 9.75 Å². The molecule has 0 bridgehead atoms. The average molecular weight is 308 g/mol. The number of amides is 1. The van der Waals surface area contributed by atoms with Crippen LogP contribution in [-0.2, 0) is 4.79 Å². The Morgan fingerprint density at radius 3 is 2.29 bits per heavy atom. The third-order valence-electron chi connectivity index (χ3n) is 4.50. The zero-order valence-corrected chi connectivity index (χ0v) is 15.0. The van der Waals surface area contributed by atoms with Crippen LogP contribution in [0.15, 0.2) is 12.1 Å². The van der Waals surface area contributed by atoms with Crippen LogP contribution in [0.5, 0.6) is 0 Å². The SMILES string of the molecule is Cc1ccc(C2NC(C(C)C)C(=O)N2C(C)C(C)(C)C)s1. The van der Waals surface area contributed by atoms with Gasteiger partial charge in [0.05, 0.1) is 6.04 Å². The first-order valence-corrected chi connectivity index (χ1v) is 8.59. The van der Waals surface area contributed by atoms with E-state index >= 15 is 0 Å². The monoisotopic (exact) mass is 308 g/mol. The van der Waals surface area contributed by atoms with E-state index in [1.54, 1.807) is 11.3 Å². The quantitative estimate of drug-likeness (QED) is 0.917. The molecule has 1 aliphatic heterocycles. The molecule has 3 unspecified atom stereocenters. The summed E-state index contributed by atoms with van der Waals surface area (Å²) in [5, 5.41) is 3.56. The molecular weight excluding hydrogens is 280 g/mol. The number of carbonyl (C=O) groups is 1. The van der Waals surface area contributed by atoms with Crippen molar-refractivity contribution in [3.05, 3.63) is 21.9 Å². The summed E-state index contributed by atoms with van der Waals surface area (Å²) in [6.45, 7) is 15.1. The van der Waals surface area contributed by atoms with Gasteiger partial charge in [-0.25, -0.2) is 0 Å². The van der Waals surface area contributed by atoms with Crippen LogP contribution >= 0.6 is 11.3 Å². The van der Waals surface area contributed by atoms with Crippen LogP contribution < -0.4 is 5.32 Å². The number of hydrogen-bond acceptors (Lipinski definition) is 3. The molecule has 0 spiro atoms. The van der Waals surface area contributed by atoms with Crippen molar-refractivity contribution >= 4 is 17.2 Å². The highest BCUT2D eigenvalue weighted by molar-refractivity contribution is 7.12. The van der Waals surface area contributed by atoms with Gasteiger partial charge in [-0.1, -0.05) is 34.6 Å². The minimum Gasteiger partial charge on any atom is -0.317 e. The molecule has 0 saturated carbocycles. The van der Waals surface area contributed by atoms with Gasteiger partial charge in [0, 0.05) is 15.8 Å². The fourth-order valence-corrected chi connectivity index (χ4v) is 3.68. The number of nitrogens with zero attached hydrogens (tertiary/aromatic N) is 1. The minimum atomic E-state index is -0.0813. The maximum Gasteiger partial charge on any atom is 0.241 e. The van der Waals surface area contributed by atoms with Crippen molar-refractivity contribution in [1.29, 1.82) is 0 Å². The first-order valence-electron chi connectivity index (χ1n) is 7.77. The van der Waals surface area contributed by atoms with Crippen LogP contribution in [0.3, 0.4) is 0 Å². The van der Waals surface area contributed by atoms with Crippen LogP contribution in [0.1, 0.15) is 57.5 Å². The van der Waals surface area contributed by atoms with Gasteiger partial charge in [-0.2, -0.15) is 0 Å². The maximum absolute atomic E-state index is 12.9. The molecule has 4 heteroatoms. The van der Waals surface area contributed by atoms with E-state index in [1.807, 2.05) is 0 Å². The molecule has 118 valence electrons. The largest absolute Gasteiger partial charge is 0.317 e. The van der Waals surface area contributed by atoms with Gasteiger partial charge in [0.2, 0.25) is 5.91 Å². The lowest BCUT2D eigenvalue weighted by molar-refractivity contribution is -0.134. The summed E-state index contributed by atoms with van der Waals surface area (Å²) < 4.78 is 0. The fourth-order valence-electron chi connectivity index (χ4n) is 2.74. The summed E-state index contributed by atoms with van der Waals surface area (Å²) in [6.07, 6.45) is 0.0119. The van der Waals surface area contributed by atoms with Crippen molar-refractivity contribution in [3.8, 4) is 0 Å². The van der Waals surface area contributed by atoms with E-state index < -0.39 is 0 Å². The number of thiophene rings is 1. The highest BCUT2D eigenvalue weighted by Gasteiger charge is 2.46. The Morgan fingerprint density at radius 2 is 1.86 bits per heavy atom. The van der Waals surface area contributed by atoms with Gasteiger partial charge in [0.1, 0.15) is 6.17 Å². The first kappa shape index (κ1) is 16.5. The zero-order chi connectivity index (χ0) is 15.9. The number of carbonyl (C=O) groups excluding carboxylic acids is 1. The smallest absolute Gasteiger partial charge is 0.241 e. The lowest BCUT2D eigenvalue weighted by Gasteiger charge is -2.38. The van der Waals surface area contributed by atoms with Crippen LogP contribution in [0, 0.1) is 18.3 Å². The van der Waals surface area contributed by atoms with Gasteiger partial charge >= 0.3 is 0 Å². The van der Waals surface area contributed by atoms with Crippen molar-refractivity contribution in [3.63, 3.8) is 0 Å². The fraction of sp³-hybridized carbons (Fsp3) is 0.706. The van der Waals surface area contributed by atoms with Gasteiger partial charge in [0.25, 0.3) is 0 Å². The molecule has 3 nitrogen and oxygen atoms in total. The van der Waals surface area contributed by atoms with Crippen molar-refractivity contribution in [2.75, 3.05) is 0 Å². The Balaban J connectivity index is 2.38. The van der Waals surface area contributed by atoms with Crippen LogP contribution in [0.4, 0.5) is 0 Å². The Labute approximate surface area is 132 Å². The van der Waals surface area contributed by atoms with Crippen molar-refractivity contribution < 1.29 is 4.79 Å². The minimum absolute atomic E-state index is 0.0119. The Kier molecular flexibility index (Phi) is 4.50. The predicted octanol–water partition coefficient (Wildman–Crippen LogP) is 3.95. The summed E-state index contributed by atoms with van der Waals surface area (Å²) in [7, 11) is 0. The highest BCUT2D eigenvalue weighted by Crippen LogP contribution is 2.37. The number of aryl methyl sites for hydroxylation is 1. The molecule has 1 aromatic rings. The molecule has 21 heavy (non-hydrogen) atoms. The van der Waals surface area contributed by atoms with Crippen molar-refractivity contribution in [1.82, 2.24) is 10.2 Å². The molecule has 2 rings (SSSR count). The third-order valence-corrected chi connectivity index (χ3v) is 5.56. The predicted molar refractivity (Wildman–Crippen MR) is 89.3 cm³/mol. The van der Waals surface area contributed by atoms with Crippen LogP contribution in [0.2, 0.25) is 0 Å². The van der Waals surface area contributed by atoms with Gasteiger partial charge in [-0.05, 0) is 37.3 Å². The van der Waals surface area contributed by atoms with E-state index in [-0.39, 0.29) is 29.6 Å². The van der Waals surface area contributed by atoms with Gasteiger partial charge in [-0.3, -0.25) is 10.1 Å². The molecule has 0 aromatic carbocycles. The summed E-state index contributed by atoms with van der Waals surface area (Å²) in [5.74, 6) is 0.543. The Hall–Kier alpha value is -0.870. The molecule has 1 N–H and O–H groups in total. The van der Waals surface area contributed by atoms with Crippen molar-refractivity contribution in [2.24, 2.45) is 11.3 Å². The molecule has 0 radical (unpaired) electrons. The van der Waals surface area contributed by atoms with E-state index in [4.69, 9.17) is 0 Å². The lowest BCUT2D eigenvalue weighted by atomic mass is 9.86.